The Bertz CT molecular complexity index is 528. The molecule has 0 aromatic heterocycles. The molecular formula is C18H29FN4O. The van der Waals surface area contributed by atoms with Gasteiger partial charge in [-0.1, -0.05) is 12.1 Å². The zero-order chi connectivity index (χ0) is 17.4. The zero-order valence-electron chi connectivity index (χ0n) is 14.9. The van der Waals surface area contributed by atoms with E-state index in [1.165, 1.54) is 12.1 Å². The predicted octanol–water partition coefficient (Wildman–Crippen LogP) is 1.99. The minimum absolute atomic E-state index is 0.216. The van der Waals surface area contributed by atoms with Crippen LogP contribution in [0.25, 0.3) is 0 Å². The molecule has 1 heterocycles. The van der Waals surface area contributed by atoms with E-state index in [1.54, 1.807) is 13.1 Å². The molecule has 0 radical (unpaired) electrons. The Morgan fingerprint density at radius 1 is 1.29 bits per heavy atom. The summed E-state index contributed by atoms with van der Waals surface area (Å²) in [4.78, 5) is 6.65. The molecule has 1 saturated heterocycles. The minimum atomic E-state index is -0.216. The first kappa shape index (κ1) is 18.7. The first-order chi connectivity index (χ1) is 11.6. The van der Waals surface area contributed by atoms with Crippen molar-refractivity contribution in [2.75, 3.05) is 33.2 Å². The lowest BCUT2D eigenvalue weighted by atomic mass is 10.2. The third-order valence-electron chi connectivity index (χ3n) is 4.01. The molecule has 0 saturated carbocycles. The van der Waals surface area contributed by atoms with E-state index in [2.05, 4.69) is 34.4 Å². The molecule has 24 heavy (non-hydrogen) atoms. The fraction of sp³-hybridized carbons (Fsp3) is 0.611. The van der Waals surface area contributed by atoms with Gasteiger partial charge in [-0.05, 0) is 38.0 Å². The van der Waals surface area contributed by atoms with Gasteiger partial charge >= 0.3 is 0 Å². The maximum absolute atomic E-state index is 13.2. The quantitative estimate of drug-likeness (QED) is 0.474. The second kappa shape index (κ2) is 9.59. The fourth-order valence-corrected chi connectivity index (χ4v) is 3.03. The Labute approximate surface area is 144 Å². The number of rotatable bonds is 6. The number of halogens is 1. The maximum Gasteiger partial charge on any atom is 0.191 e. The summed E-state index contributed by atoms with van der Waals surface area (Å²) in [5, 5.41) is 6.51. The van der Waals surface area contributed by atoms with Crippen LogP contribution in [0.15, 0.2) is 29.3 Å². The smallest absolute Gasteiger partial charge is 0.191 e. The van der Waals surface area contributed by atoms with E-state index < -0.39 is 0 Å². The lowest BCUT2D eigenvalue weighted by molar-refractivity contribution is -0.0679. The third-order valence-corrected chi connectivity index (χ3v) is 4.01. The topological polar surface area (TPSA) is 48.9 Å². The normalized spacial score (nSPS) is 22.4. The maximum atomic E-state index is 13.2. The van der Waals surface area contributed by atoms with E-state index in [-0.39, 0.29) is 5.82 Å². The fourth-order valence-electron chi connectivity index (χ4n) is 3.03. The highest BCUT2D eigenvalue weighted by Gasteiger charge is 2.21. The monoisotopic (exact) mass is 336 g/mol. The molecule has 0 spiro atoms. The van der Waals surface area contributed by atoms with Crippen LogP contribution in [-0.4, -0.2) is 56.3 Å². The van der Waals surface area contributed by atoms with Crippen molar-refractivity contribution in [2.45, 2.75) is 39.0 Å². The van der Waals surface area contributed by atoms with Gasteiger partial charge in [-0.25, -0.2) is 4.39 Å². The van der Waals surface area contributed by atoms with Crippen LogP contribution < -0.4 is 10.6 Å². The molecule has 6 heteroatoms. The lowest BCUT2D eigenvalue weighted by Gasteiger charge is -2.35. The van der Waals surface area contributed by atoms with Crippen LogP contribution in [0, 0.1) is 5.82 Å². The SMILES string of the molecule is CN=C(NCCCN1CC(C)OC(C)C1)NCc1cccc(F)c1. The molecule has 0 bridgehead atoms. The largest absolute Gasteiger partial charge is 0.373 e. The Kier molecular flexibility index (Phi) is 7.46. The standard InChI is InChI=1S/C18H29FN4O/c1-14-12-23(13-15(2)24-14)9-5-8-21-18(20-3)22-11-16-6-4-7-17(19)10-16/h4,6-7,10,14-15H,5,8-9,11-13H2,1-3H3,(H2,20,21,22). The highest BCUT2D eigenvalue weighted by atomic mass is 19.1. The van der Waals surface area contributed by atoms with Gasteiger partial charge in [-0.3, -0.25) is 9.89 Å². The van der Waals surface area contributed by atoms with E-state index in [1.807, 2.05) is 6.07 Å². The van der Waals surface area contributed by atoms with Gasteiger partial charge in [0.15, 0.2) is 5.96 Å². The van der Waals surface area contributed by atoms with Crippen LogP contribution in [0.1, 0.15) is 25.8 Å². The van der Waals surface area contributed by atoms with Gasteiger partial charge in [-0.2, -0.15) is 0 Å². The first-order valence-electron chi connectivity index (χ1n) is 8.63. The Morgan fingerprint density at radius 3 is 2.71 bits per heavy atom. The van der Waals surface area contributed by atoms with Crippen LogP contribution in [0.3, 0.4) is 0 Å². The van der Waals surface area contributed by atoms with Crippen LogP contribution in [-0.2, 0) is 11.3 Å². The zero-order valence-corrected chi connectivity index (χ0v) is 14.9. The van der Waals surface area contributed by atoms with E-state index in [0.717, 1.165) is 44.1 Å². The second-order valence-corrected chi connectivity index (χ2v) is 6.35. The number of nitrogens with zero attached hydrogens (tertiary/aromatic N) is 2. The molecule has 1 aromatic carbocycles. The van der Waals surface area contributed by atoms with Crippen LogP contribution in [0.5, 0.6) is 0 Å². The lowest BCUT2D eigenvalue weighted by Crippen LogP contribution is -2.46. The van der Waals surface area contributed by atoms with E-state index >= 15 is 0 Å². The Morgan fingerprint density at radius 2 is 2.04 bits per heavy atom. The van der Waals surface area contributed by atoms with Gasteiger partial charge in [0.2, 0.25) is 0 Å². The number of hydrogen-bond acceptors (Lipinski definition) is 3. The van der Waals surface area contributed by atoms with Gasteiger partial charge in [-0.15, -0.1) is 0 Å². The number of ether oxygens (including phenoxy) is 1. The number of nitrogens with one attached hydrogen (secondary N) is 2. The van der Waals surface area contributed by atoms with Crippen molar-refractivity contribution in [3.05, 3.63) is 35.6 Å². The van der Waals surface area contributed by atoms with Crippen molar-refractivity contribution in [1.82, 2.24) is 15.5 Å². The number of guanidine groups is 1. The average Bonchev–Trinajstić information content (AvgIpc) is 2.53. The predicted molar refractivity (Wildman–Crippen MR) is 95.7 cm³/mol. The molecule has 5 nitrogen and oxygen atoms in total. The van der Waals surface area contributed by atoms with Crippen LogP contribution >= 0.6 is 0 Å². The summed E-state index contributed by atoms with van der Waals surface area (Å²) in [6.45, 7) is 8.69. The molecule has 1 aliphatic rings. The molecular weight excluding hydrogens is 307 g/mol. The van der Waals surface area contributed by atoms with Gasteiger partial charge in [0.05, 0.1) is 12.2 Å². The minimum Gasteiger partial charge on any atom is -0.373 e. The molecule has 2 rings (SSSR count). The van der Waals surface area contributed by atoms with Crippen LogP contribution in [0.4, 0.5) is 4.39 Å². The molecule has 1 aliphatic heterocycles. The number of morpholine rings is 1. The van der Waals surface area contributed by atoms with Crippen molar-refractivity contribution in [1.29, 1.82) is 0 Å². The van der Waals surface area contributed by atoms with Crippen molar-refractivity contribution >= 4 is 5.96 Å². The number of hydrogen-bond donors (Lipinski definition) is 2. The Balaban J connectivity index is 1.65. The van der Waals surface area contributed by atoms with Gasteiger partial charge in [0.25, 0.3) is 0 Å². The van der Waals surface area contributed by atoms with Gasteiger partial charge in [0.1, 0.15) is 5.82 Å². The number of aliphatic imine (C=N–C) groups is 1. The molecule has 134 valence electrons. The molecule has 1 fully saturated rings. The highest BCUT2D eigenvalue weighted by molar-refractivity contribution is 5.79. The van der Waals surface area contributed by atoms with E-state index in [0.29, 0.717) is 18.8 Å². The van der Waals surface area contributed by atoms with Crippen LogP contribution in [0.2, 0.25) is 0 Å². The number of benzene rings is 1. The molecule has 1 aromatic rings. The Hall–Kier alpha value is -1.66. The summed E-state index contributed by atoms with van der Waals surface area (Å²) in [6, 6.07) is 6.59. The molecule has 2 N–H and O–H groups in total. The van der Waals surface area contributed by atoms with Gasteiger partial charge < -0.3 is 15.4 Å². The summed E-state index contributed by atoms with van der Waals surface area (Å²) in [7, 11) is 1.74. The van der Waals surface area contributed by atoms with Gasteiger partial charge in [0, 0.05) is 39.8 Å². The molecule has 2 atom stereocenters. The summed E-state index contributed by atoms with van der Waals surface area (Å²) in [6.07, 6.45) is 1.66. The summed E-state index contributed by atoms with van der Waals surface area (Å²) < 4.78 is 18.9. The molecule has 0 amide bonds. The van der Waals surface area contributed by atoms with Crippen molar-refractivity contribution in [2.24, 2.45) is 4.99 Å². The molecule has 2 unspecified atom stereocenters. The summed E-state index contributed by atoms with van der Waals surface area (Å²) >= 11 is 0. The summed E-state index contributed by atoms with van der Waals surface area (Å²) in [5.74, 6) is 0.522. The third kappa shape index (κ3) is 6.45. The highest BCUT2D eigenvalue weighted by Crippen LogP contribution is 2.10. The first-order valence-corrected chi connectivity index (χ1v) is 8.63. The molecule has 0 aliphatic carbocycles. The van der Waals surface area contributed by atoms with Crippen molar-refractivity contribution < 1.29 is 9.13 Å². The second-order valence-electron chi connectivity index (χ2n) is 6.35. The summed E-state index contributed by atoms with van der Waals surface area (Å²) in [5.41, 5.74) is 0.897. The average molecular weight is 336 g/mol. The van der Waals surface area contributed by atoms with Crippen molar-refractivity contribution in [3.63, 3.8) is 0 Å². The van der Waals surface area contributed by atoms with Crippen molar-refractivity contribution in [3.8, 4) is 0 Å². The van der Waals surface area contributed by atoms with E-state index in [4.69, 9.17) is 4.74 Å². The van der Waals surface area contributed by atoms with E-state index in [9.17, 15) is 4.39 Å².